The summed E-state index contributed by atoms with van der Waals surface area (Å²) in [5, 5.41) is 0.767. The molecule has 11 heavy (non-hydrogen) atoms. The van der Waals surface area contributed by atoms with Gasteiger partial charge in [-0.25, -0.2) is 4.98 Å². The zero-order valence-electron chi connectivity index (χ0n) is 5.55. The van der Waals surface area contributed by atoms with E-state index in [2.05, 4.69) is 4.98 Å². The topological polar surface area (TPSA) is 38.9 Å². The van der Waals surface area contributed by atoms with Gasteiger partial charge in [-0.05, 0) is 11.6 Å². The number of nitrogens with two attached hydrogens (primary N) is 1. The molecule has 5 heteroatoms. The van der Waals surface area contributed by atoms with Crippen LogP contribution in [0, 0.1) is 0 Å². The molecule has 0 bridgehead atoms. The van der Waals surface area contributed by atoms with E-state index in [-0.39, 0.29) is 12.4 Å². The van der Waals surface area contributed by atoms with Gasteiger partial charge in [0.05, 0.1) is 5.02 Å². The quantitative estimate of drug-likeness (QED) is 0.727. The van der Waals surface area contributed by atoms with Crippen molar-refractivity contribution in [2.24, 2.45) is 5.73 Å². The van der Waals surface area contributed by atoms with Gasteiger partial charge in [-0.15, -0.1) is 12.4 Å². The molecule has 0 aliphatic rings. The van der Waals surface area contributed by atoms with Crippen molar-refractivity contribution in [3.63, 3.8) is 0 Å². The van der Waals surface area contributed by atoms with Crippen LogP contribution in [-0.4, -0.2) is 4.98 Å². The van der Waals surface area contributed by atoms with Gasteiger partial charge in [0.25, 0.3) is 0 Å². The van der Waals surface area contributed by atoms with Crippen LogP contribution in [0.4, 0.5) is 0 Å². The molecular weight excluding hydrogens is 206 g/mol. The zero-order chi connectivity index (χ0) is 7.56. The van der Waals surface area contributed by atoms with E-state index < -0.39 is 0 Å². The highest BCUT2D eigenvalue weighted by molar-refractivity contribution is 6.41. The lowest BCUT2D eigenvalue weighted by Gasteiger charge is -1.96. The van der Waals surface area contributed by atoms with Gasteiger partial charge in [-0.1, -0.05) is 23.2 Å². The number of hydrogen-bond donors (Lipinski definition) is 1. The minimum absolute atomic E-state index is 0. The summed E-state index contributed by atoms with van der Waals surface area (Å²) in [6.07, 6.45) is 1.61. The van der Waals surface area contributed by atoms with Gasteiger partial charge in [0.1, 0.15) is 5.15 Å². The SMILES string of the molecule is Cl.NCc1cnc(Cl)c(Cl)c1. The fourth-order valence-electron chi connectivity index (χ4n) is 0.572. The molecule has 0 saturated carbocycles. The van der Waals surface area contributed by atoms with Gasteiger partial charge in [-0.2, -0.15) is 0 Å². The van der Waals surface area contributed by atoms with Gasteiger partial charge in [0, 0.05) is 12.7 Å². The lowest BCUT2D eigenvalue weighted by molar-refractivity contribution is 1.05. The molecule has 0 atom stereocenters. The molecule has 1 aromatic heterocycles. The van der Waals surface area contributed by atoms with Gasteiger partial charge >= 0.3 is 0 Å². The Kier molecular flexibility index (Phi) is 4.77. The molecule has 0 aliphatic carbocycles. The minimum Gasteiger partial charge on any atom is -0.326 e. The van der Waals surface area contributed by atoms with Crippen molar-refractivity contribution in [1.82, 2.24) is 4.98 Å². The highest BCUT2D eigenvalue weighted by Gasteiger charge is 1.97. The van der Waals surface area contributed by atoms with Gasteiger partial charge in [-0.3, -0.25) is 0 Å². The summed E-state index contributed by atoms with van der Waals surface area (Å²) in [5.74, 6) is 0. The minimum atomic E-state index is 0. The van der Waals surface area contributed by atoms with E-state index in [9.17, 15) is 0 Å². The van der Waals surface area contributed by atoms with Crippen LogP contribution in [0.3, 0.4) is 0 Å². The molecule has 0 amide bonds. The second-order valence-corrected chi connectivity index (χ2v) is 2.59. The first-order valence-corrected chi connectivity index (χ1v) is 3.49. The van der Waals surface area contributed by atoms with Crippen LogP contribution in [0.1, 0.15) is 5.56 Å². The summed E-state index contributed by atoms with van der Waals surface area (Å²) in [6.45, 7) is 0.434. The largest absolute Gasteiger partial charge is 0.326 e. The van der Waals surface area contributed by atoms with Crippen molar-refractivity contribution in [3.8, 4) is 0 Å². The van der Waals surface area contributed by atoms with Crippen LogP contribution in [0.5, 0.6) is 0 Å². The zero-order valence-corrected chi connectivity index (χ0v) is 7.88. The molecule has 0 radical (unpaired) electrons. The highest BCUT2D eigenvalue weighted by Crippen LogP contribution is 2.18. The Bertz CT molecular complexity index is 239. The average molecular weight is 213 g/mol. The summed E-state index contributed by atoms with van der Waals surface area (Å²) >= 11 is 11.2. The summed E-state index contributed by atoms with van der Waals surface area (Å²) in [7, 11) is 0. The lowest BCUT2D eigenvalue weighted by Crippen LogP contribution is -1.96. The maximum Gasteiger partial charge on any atom is 0.147 e. The van der Waals surface area contributed by atoms with E-state index in [1.54, 1.807) is 12.3 Å². The Labute approximate surface area is 81.1 Å². The van der Waals surface area contributed by atoms with Crippen molar-refractivity contribution in [1.29, 1.82) is 0 Å². The number of rotatable bonds is 1. The maximum absolute atomic E-state index is 5.64. The number of aromatic nitrogens is 1. The van der Waals surface area contributed by atoms with Gasteiger partial charge < -0.3 is 5.73 Å². The fraction of sp³-hybridized carbons (Fsp3) is 0.167. The first kappa shape index (κ1) is 11.0. The summed E-state index contributed by atoms with van der Waals surface area (Å²) < 4.78 is 0. The van der Waals surface area contributed by atoms with E-state index in [1.807, 2.05) is 0 Å². The van der Waals surface area contributed by atoms with Crippen LogP contribution >= 0.6 is 35.6 Å². The lowest BCUT2D eigenvalue weighted by atomic mass is 10.3. The standard InChI is InChI=1S/C6H6Cl2N2.ClH/c7-5-1-4(2-9)3-10-6(5)8;/h1,3H,2,9H2;1H. The molecule has 0 saturated heterocycles. The predicted molar refractivity (Wildman–Crippen MR) is 49.4 cm³/mol. The van der Waals surface area contributed by atoms with Crippen LogP contribution in [0.15, 0.2) is 12.3 Å². The number of pyridine rings is 1. The second-order valence-electron chi connectivity index (χ2n) is 1.82. The Morgan fingerprint density at radius 3 is 2.55 bits per heavy atom. The first-order chi connectivity index (χ1) is 4.74. The van der Waals surface area contributed by atoms with Crippen molar-refractivity contribution >= 4 is 35.6 Å². The molecular formula is C6H7Cl3N2. The average Bonchev–Trinajstić information content (AvgIpc) is 1.95. The molecule has 0 unspecified atom stereocenters. The Hall–Kier alpha value is -0.0200. The molecule has 0 spiro atoms. The maximum atomic E-state index is 5.64. The molecule has 2 N–H and O–H groups in total. The molecule has 1 aromatic rings. The summed E-state index contributed by atoms with van der Waals surface area (Å²) in [4.78, 5) is 3.80. The fourth-order valence-corrected chi connectivity index (χ4v) is 0.865. The molecule has 0 aliphatic heterocycles. The molecule has 0 aromatic carbocycles. The van der Waals surface area contributed by atoms with E-state index in [0.717, 1.165) is 5.56 Å². The summed E-state index contributed by atoms with van der Waals surface area (Å²) in [6, 6.07) is 1.71. The van der Waals surface area contributed by atoms with Crippen molar-refractivity contribution < 1.29 is 0 Å². The Balaban J connectivity index is 0.000001000. The third kappa shape index (κ3) is 2.83. The monoisotopic (exact) mass is 212 g/mol. The van der Waals surface area contributed by atoms with E-state index >= 15 is 0 Å². The van der Waals surface area contributed by atoms with Crippen LogP contribution in [0.25, 0.3) is 0 Å². The van der Waals surface area contributed by atoms with Gasteiger partial charge in [0.2, 0.25) is 0 Å². The Morgan fingerprint density at radius 2 is 2.09 bits per heavy atom. The number of hydrogen-bond acceptors (Lipinski definition) is 2. The summed E-state index contributed by atoms with van der Waals surface area (Å²) in [5.41, 5.74) is 6.21. The molecule has 62 valence electrons. The number of nitrogens with zero attached hydrogens (tertiary/aromatic N) is 1. The van der Waals surface area contributed by atoms with Crippen LogP contribution in [0.2, 0.25) is 10.2 Å². The Morgan fingerprint density at radius 1 is 1.45 bits per heavy atom. The molecule has 0 fully saturated rings. The predicted octanol–water partition coefficient (Wildman–Crippen LogP) is 2.27. The third-order valence-electron chi connectivity index (χ3n) is 1.09. The highest BCUT2D eigenvalue weighted by atomic mass is 35.5. The van der Waals surface area contributed by atoms with Crippen LogP contribution in [-0.2, 0) is 6.54 Å². The third-order valence-corrected chi connectivity index (χ3v) is 1.77. The first-order valence-electron chi connectivity index (χ1n) is 2.74. The van der Waals surface area contributed by atoms with Crippen molar-refractivity contribution in [3.05, 3.63) is 28.0 Å². The smallest absolute Gasteiger partial charge is 0.147 e. The van der Waals surface area contributed by atoms with E-state index in [1.165, 1.54) is 0 Å². The van der Waals surface area contributed by atoms with E-state index in [0.29, 0.717) is 16.7 Å². The molecule has 1 rings (SSSR count). The number of halogens is 3. The van der Waals surface area contributed by atoms with Crippen LogP contribution < -0.4 is 5.73 Å². The normalized spacial score (nSPS) is 9.00. The van der Waals surface area contributed by atoms with E-state index in [4.69, 9.17) is 28.9 Å². The molecule has 1 heterocycles. The van der Waals surface area contributed by atoms with Crippen molar-refractivity contribution in [2.45, 2.75) is 6.54 Å². The van der Waals surface area contributed by atoms with Crippen molar-refractivity contribution in [2.75, 3.05) is 0 Å². The second kappa shape index (κ2) is 4.78. The molecule has 2 nitrogen and oxygen atoms in total. The van der Waals surface area contributed by atoms with Gasteiger partial charge in [0.15, 0.2) is 0 Å².